The molecule has 1 aromatic carbocycles. The molecule has 2 heterocycles. The summed E-state index contributed by atoms with van der Waals surface area (Å²) in [5.41, 5.74) is 4.92. The third-order valence-electron chi connectivity index (χ3n) is 4.77. The fourth-order valence-corrected chi connectivity index (χ4v) is 3.21. The molecule has 0 bridgehead atoms. The monoisotopic (exact) mass is 357 g/mol. The molecule has 2 unspecified atom stereocenters. The lowest BCUT2D eigenvalue weighted by atomic mass is 10.0. The number of aromatic nitrogens is 2. The van der Waals surface area contributed by atoms with Gasteiger partial charge in [0.15, 0.2) is 0 Å². The minimum absolute atomic E-state index is 0.145. The second kappa shape index (κ2) is 8.01. The average Bonchev–Trinajstić information content (AvgIpc) is 3.06. The highest BCUT2D eigenvalue weighted by atomic mass is 16.5. The highest BCUT2D eigenvalue weighted by Gasteiger charge is 2.27. The Morgan fingerprint density at radius 2 is 1.96 bits per heavy atom. The standard InChI is InChI=1S/C20H27N3O3/c1-5-15-19(14-8-7-13(25-4)9-12(14)3)21-16(6-2)20(22-15)23-17-10-26-11-18(17)24/h7-9,17-18,24H,5-6,10-11H2,1-4H3,(H,22,23). The Labute approximate surface area is 154 Å². The summed E-state index contributed by atoms with van der Waals surface area (Å²) in [6, 6.07) is 5.86. The van der Waals surface area contributed by atoms with Crippen molar-refractivity contribution in [2.75, 3.05) is 25.6 Å². The minimum Gasteiger partial charge on any atom is -0.497 e. The van der Waals surface area contributed by atoms with Crippen LogP contribution < -0.4 is 10.1 Å². The molecule has 1 aliphatic heterocycles. The van der Waals surface area contributed by atoms with E-state index in [2.05, 4.69) is 26.1 Å². The Morgan fingerprint density at radius 1 is 1.19 bits per heavy atom. The second-order valence-electron chi connectivity index (χ2n) is 6.56. The summed E-state index contributed by atoms with van der Waals surface area (Å²) in [4.78, 5) is 9.78. The summed E-state index contributed by atoms with van der Waals surface area (Å²) in [5, 5.41) is 13.3. The molecule has 1 fully saturated rings. The lowest BCUT2D eigenvalue weighted by molar-refractivity contribution is 0.125. The van der Waals surface area contributed by atoms with Crippen molar-refractivity contribution in [1.82, 2.24) is 9.97 Å². The first-order valence-corrected chi connectivity index (χ1v) is 9.14. The van der Waals surface area contributed by atoms with Gasteiger partial charge in [-0.15, -0.1) is 0 Å². The van der Waals surface area contributed by atoms with E-state index in [1.54, 1.807) is 7.11 Å². The molecule has 0 amide bonds. The third-order valence-corrected chi connectivity index (χ3v) is 4.77. The van der Waals surface area contributed by atoms with Gasteiger partial charge in [0.25, 0.3) is 0 Å². The van der Waals surface area contributed by atoms with E-state index in [0.29, 0.717) is 13.2 Å². The van der Waals surface area contributed by atoms with E-state index < -0.39 is 6.10 Å². The Kier molecular flexibility index (Phi) is 5.74. The normalized spacial score (nSPS) is 19.6. The maximum atomic E-state index is 10.0. The van der Waals surface area contributed by atoms with Crippen LogP contribution in [0.5, 0.6) is 5.75 Å². The van der Waals surface area contributed by atoms with Gasteiger partial charge in [0.05, 0.1) is 49.6 Å². The molecule has 6 heteroatoms. The van der Waals surface area contributed by atoms with Gasteiger partial charge >= 0.3 is 0 Å². The minimum atomic E-state index is -0.518. The SMILES string of the molecule is CCc1nc(-c2ccc(OC)cc2C)c(CC)nc1NC1COCC1O. The van der Waals surface area contributed by atoms with Gasteiger partial charge in [-0.25, -0.2) is 9.97 Å². The summed E-state index contributed by atoms with van der Waals surface area (Å²) in [6.45, 7) is 7.04. The van der Waals surface area contributed by atoms with Crippen molar-refractivity contribution >= 4 is 5.82 Å². The van der Waals surface area contributed by atoms with Gasteiger partial charge in [0.1, 0.15) is 11.6 Å². The third kappa shape index (κ3) is 3.66. The zero-order valence-corrected chi connectivity index (χ0v) is 15.9. The van der Waals surface area contributed by atoms with Crippen molar-refractivity contribution < 1.29 is 14.6 Å². The van der Waals surface area contributed by atoms with Crippen LogP contribution in [0.2, 0.25) is 0 Å². The van der Waals surface area contributed by atoms with Crippen LogP contribution in [-0.4, -0.2) is 47.5 Å². The van der Waals surface area contributed by atoms with Crippen LogP contribution in [0, 0.1) is 6.92 Å². The molecule has 140 valence electrons. The van der Waals surface area contributed by atoms with Crippen molar-refractivity contribution in [2.45, 2.75) is 45.8 Å². The molecule has 2 atom stereocenters. The van der Waals surface area contributed by atoms with Gasteiger partial charge in [-0.2, -0.15) is 0 Å². The quantitative estimate of drug-likeness (QED) is 0.828. The van der Waals surface area contributed by atoms with Gasteiger partial charge in [0.2, 0.25) is 0 Å². The number of nitrogens with one attached hydrogen (secondary N) is 1. The van der Waals surface area contributed by atoms with Crippen molar-refractivity contribution in [3.05, 3.63) is 35.2 Å². The number of methoxy groups -OCH3 is 1. The Balaban J connectivity index is 2.01. The maximum Gasteiger partial charge on any atom is 0.148 e. The molecule has 0 spiro atoms. The number of hydrogen-bond donors (Lipinski definition) is 2. The summed E-state index contributed by atoms with van der Waals surface area (Å²) in [6.07, 6.45) is 1.01. The molecule has 0 radical (unpaired) electrons. The van der Waals surface area contributed by atoms with Crippen LogP contribution in [0.3, 0.4) is 0 Å². The van der Waals surface area contributed by atoms with Crippen LogP contribution in [0.25, 0.3) is 11.3 Å². The molecule has 3 rings (SSSR count). The van der Waals surface area contributed by atoms with Gasteiger partial charge in [-0.1, -0.05) is 13.8 Å². The van der Waals surface area contributed by atoms with E-state index in [4.69, 9.17) is 19.4 Å². The van der Waals surface area contributed by atoms with Crippen LogP contribution in [-0.2, 0) is 17.6 Å². The zero-order valence-electron chi connectivity index (χ0n) is 15.9. The number of aliphatic hydroxyl groups is 1. The molecule has 1 saturated heterocycles. The highest BCUT2D eigenvalue weighted by molar-refractivity contribution is 5.68. The first kappa shape index (κ1) is 18.6. The smallest absolute Gasteiger partial charge is 0.148 e. The largest absolute Gasteiger partial charge is 0.497 e. The Hall–Kier alpha value is -2.18. The van der Waals surface area contributed by atoms with Crippen molar-refractivity contribution in [3.63, 3.8) is 0 Å². The Bertz CT molecular complexity index is 779. The lowest BCUT2D eigenvalue weighted by Crippen LogP contribution is -2.33. The summed E-state index contributed by atoms with van der Waals surface area (Å²) < 4.78 is 10.6. The van der Waals surface area contributed by atoms with Gasteiger partial charge in [-0.05, 0) is 43.5 Å². The van der Waals surface area contributed by atoms with E-state index in [9.17, 15) is 5.11 Å². The summed E-state index contributed by atoms with van der Waals surface area (Å²) in [5.74, 6) is 1.58. The molecule has 0 aliphatic carbocycles. The second-order valence-corrected chi connectivity index (χ2v) is 6.56. The van der Waals surface area contributed by atoms with E-state index in [1.807, 2.05) is 18.2 Å². The molecule has 2 N–H and O–H groups in total. The molecule has 26 heavy (non-hydrogen) atoms. The number of hydrogen-bond acceptors (Lipinski definition) is 6. The number of benzene rings is 1. The predicted molar refractivity (Wildman–Crippen MR) is 102 cm³/mol. The number of ether oxygens (including phenoxy) is 2. The maximum absolute atomic E-state index is 10.0. The van der Waals surface area contributed by atoms with Gasteiger partial charge in [-0.3, -0.25) is 0 Å². The average molecular weight is 357 g/mol. The fourth-order valence-electron chi connectivity index (χ4n) is 3.21. The molecular weight excluding hydrogens is 330 g/mol. The number of anilines is 1. The molecule has 1 aliphatic rings. The van der Waals surface area contributed by atoms with Crippen molar-refractivity contribution in [3.8, 4) is 17.0 Å². The number of aryl methyl sites for hydroxylation is 3. The van der Waals surface area contributed by atoms with Crippen LogP contribution in [0.1, 0.15) is 30.8 Å². The fraction of sp³-hybridized carbons (Fsp3) is 0.500. The van der Waals surface area contributed by atoms with Crippen LogP contribution in [0.15, 0.2) is 18.2 Å². The van der Waals surface area contributed by atoms with Crippen LogP contribution >= 0.6 is 0 Å². The summed E-state index contributed by atoms with van der Waals surface area (Å²) >= 11 is 0. The van der Waals surface area contributed by atoms with E-state index >= 15 is 0 Å². The molecule has 0 saturated carbocycles. The molecule has 1 aromatic heterocycles. The predicted octanol–water partition coefficient (Wildman–Crippen LogP) is 2.76. The van der Waals surface area contributed by atoms with Crippen LogP contribution in [0.4, 0.5) is 5.82 Å². The Morgan fingerprint density at radius 3 is 2.54 bits per heavy atom. The highest BCUT2D eigenvalue weighted by Crippen LogP contribution is 2.30. The zero-order chi connectivity index (χ0) is 18.7. The first-order chi connectivity index (χ1) is 12.6. The molecule has 2 aromatic rings. The summed E-state index contributed by atoms with van der Waals surface area (Å²) in [7, 11) is 1.67. The topological polar surface area (TPSA) is 76.5 Å². The molecular formula is C20H27N3O3. The van der Waals surface area contributed by atoms with E-state index in [-0.39, 0.29) is 6.04 Å². The van der Waals surface area contributed by atoms with Crippen molar-refractivity contribution in [2.24, 2.45) is 0 Å². The van der Waals surface area contributed by atoms with E-state index in [0.717, 1.165) is 52.6 Å². The number of rotatable bonds is 6. The lowest BCUT2D eigenvalue weighted by Gasteiger charge is -2.20. The van der Waals surface area contributed by atoms with Crippen molar-refractivity contribution in [1.29, 1.82) is 0 Å². The van der Waals surface area contributed by atoms with Gasteiger partial charge in [0, 0.05) is 5.56 Å². The molecule has 6 nitrogen and oxygen atoms in total. The number of aliphatic hydroxyl groups excluding tert-OH is 1. The number of nitrogens with zero attached hydrogens (tertiary/aromatic N) is 2. The first-order valence-electron chi connectivity index (χ1n) is 9.14. The van der Waals surface area contributed by atoms with Gasteiger partial charge < -0.3 is 19.9 Å². The van der Waals surface area contributed by atoms with E-state index in [1.165, 1.54) is 0 Å².